The van der Waals surface area contributed by atoms with Crippen molar-refractivity contribution in [1.29, 1.82) is 0 Å². The topological polar surface area (TPSA) is 85.3 Å². The zero-order valence-electron chi connectivity index (χ0n) is 21.0. The van der Waals surface area contributed by atoms with Gasteiger partial charge in [-0.3, -0.25) is 14.5 Å². The van der Waals surface area contributed by atoms with E-state index < -0.39 is 17.7 Å². The van der Waals surface area contributed by atoms with Gasteiger partial charge in [-0.15, -0.1) is 0 Å². The Morgan fingerprint density at radius 3 is 2.27 bits per heavy atom. The number of carbonyl (C=O) groups is 2. The third-order valence-corrected chi connectivity index (χ3v) is 6.10. The number of amides is 1. The van der Waals surface area contributed by atoms with Gasteiger partial charge in [-0.2, -0.15) is 0 Å². The largest absolute Gasteiger partial charge is 0.507 e. The number of Topliss-reactive ketones (excluding diaryl/α,β-unsaturated/α-hetero) is 1. The maximum absolute atomic E-state index is 13.4. The number of rotatable bonds is 8. The molecule has 1 saturated heterocycles. The second-order valence-corrected chi connectivity index (χ2v) is 9.12. The summed E-state index contributed by atoms with van der Waals surface area (Å²) >= 11 is 6.07. The van der Waals surface area contributed by atoms with Crippen LogP contribution in [0.15, 0.2) is 72.3 Å². The van der Waals surface area contributed by atoms with Crippen molar-refractivity contribution < 1.29 is 28.9 Å². The van der Waals surface area contributed by atoms with Crippen molar-refractivity contribution in [3.63, 3.8) is 0 Å². The zero-order chi connectivity index (χ0) is 26.7. The monoisotopic (exact) mass is 521 g/mol. The lowest BCUT2D eigenvalue weighted by molar-refractivity contribution is -0.132. The van der Waals surface area contributed by atoms with Gasteiger partial charge in [0.15, 0.2) is 11.5 Å². The van der Waals surface area contributed by atoms with Gasteiger partial charge in [-0.05, 0) is 87.0 Å². The molecule has 4 rings (SSSR count). The first-order valence-corrected chi connectivity index (χ1v) is 12.3. The maximum atomic E-state index is 13.4. The molecule has 3 aromatic carbocycles. The van der Waals surface area contributed by atoms with Crippen molar-refractivity contribution >= 4 is 34.7 Å². The van der Waals surface area contributed by atoms with E-state index in [4.69, 9.17) is 25.8 Å². The number of benzene rings is 3. The molecule has 8 heteroatoms. The molecule has 1 aliphatic heterocycles. The molecule has 1 fully saturated rings. The minimum absolute atomic E-state index is 0.0150. The number of hydrogen-bond donors (Lipinski definition) is 1. The maximum Gasteiger partial charge on any atom is 0.300 e. The fraction of sp³-hybridized carbons (Fsp3) is 0.241. The average molecular weight is 522 g/mol. The Balaban J connectivity index is 1.89. The minimum atomic E-state index is -0.919. The Kier molecular flexibility index (Phi) is 7.74. The van der Waals surface area contributed by atoms with Crippen LogP contribution in [0.2, 0.25) is 5.02 Å². The van der Waals surface area contributed by atoms with Crippen LogP contribution in [0.1, 0.15) is 37.9 Å². The average Bonchev–Trinajstić information content (AvgIpc) is 3.14. The molecule has 1 atom stereocenters. The molecule has 0 spiro atoms. The van der Waals surface area contributed by atoms with Gasteiger partial charge in [0.1, 0.15) is 11.5 Å². The third kappa shape index (κ3) is 5.27. The molecular weight excluding hydrogens is 494 g/mol. The number of hydrogen-bond acceptors (Lipinski definition) is 6. The fourth-order valence-electron chi connectivity index (χ4n) is 4.27. The van der Waals surface area contributed by atoms with Gasteiger partial charge >= 0.3 is 0 Å². The van der Waals surface area contributed by atoms with Crippen LogP contribution in [0.4, 0.5) is 5.69 Å². The van der Waals surface area contributed by atoms with E-state index in [9.17, 15) is 14.7 Å². The van der Waals surface area contributed by atoms with Crippen molar-refractivity contribution in [2.75, 3.05) is 18.6 Å². The van der Waals surface area contributed by atoms with Crippen LogP contribution in [0.5, 0.6) is 17.2 Å². The number of aliphatic hydroxyl groups is 1. The SMILES string of the molecule is CCOc1cc(C2/C(=C(/O)c3ccc(OC(C)C)cc3)C(=O)C(=O)N2c2ccc(Cl)cc2)ccc1OC. The zero-order valence-corrected chi connectivity index (χ0v) is 21.8. The molecule has 37 heavy (non-hydrogen) atoms. The number of ketones is 1. The molecule has 0 aliphatic carbocycles. The minimum Gasteiger partial charge on any atom is -0.507 e. The van der Waals surface area contributed by atoms with Crippen LogP contribution in [-0.4, -0.2) is 36.6 Å². The first-order chi connectivity index (χ1) is 17.7. The summed E-state index contributed by atoms with van der Waals surface area (Å²) in [7, 11) is 1.53. The van der Waals surface area contributed by atoms with Crippen LogP contribution >= 0.6 is 11.6 Å². The van der Waals surface area contributed by atoms with Crippen molar-refractivity contribution in [3.05, 3.63) is 88.5 Å². The van der Waals surface area contributed by atoms with Gasteiger partial charge in [0, 0.05) is 16.3 Å². The molecule has 1 amide bonds. The van der Waals surface area contributed by atoms with E-state index in [1.165, 1.54) is 12.0 Å². The van der Waals surface area contributed by atoms with Crippen LogP contribution in [-0.2, 0) is 9.59 Å². The van der Waals surface area contributed by atoms with E-state index in [2.05, 4.69) is 0 Å². The second-order valence-electron chi connectivity index (χ2n) is 8.68. The second kappa shape index (κ2) is 11.0. The molecular formula is C29H28ClNO6. The van der Waals surface area contributed by atoms with Crippen LogP contribution in [0, 0.1) is 0 Å². The van der Waals surface area contributed by atoms with Gasteiger partial charge in [0.25, 0.3) is 11.7 Å². The smallest absolute Gasteiger partial charge is 0.300 e. The number of carbonyl (C=O) groups excluding carboxylic acids is 2. The Labute approximate surface area is 220 Å². The summed E-state index contributed by atoms with van der Waals surface area (Å²) in [5.74, 6) is -0.253. The van der Waals surface area contributed by atoms with E-state index in [-0.39, 0.29) is 17.4 Å². The van der Waals surface area contributed by atoms with E-state index in [0.717, 1.165) is 0 Å². The lowest BCUT2D eigenvalue weighted by atomic mass is 9.94. The fourth-order valence-corrected chi connectivity index (χ4v) is 4.39. The van der Waals surface area contributed by atoms with Crippen molar-refractivity contribution in [1.82, 2.24) is 0 Å². The highest BCUT2D eigenvalue weighted by Crippen LogP contribution is 2.44. The van der Waals surface area contributed by atoms with Crippen LogP contribution in [0.25, 0.3) is 5.76 Å². The summed E-state index contributed by atoms with van der Waals surface area (Å²) in [6.07, 6.45) is -0.0150. The normalized spacial score (nSPS) is 16.8. The Bertz CT molecular complexity index is 1330. The molecule has 1 N–H and O–H groups in total. The number of anilines is 1. The van der Waals surface area contributed by atoms with Gasteiger partial charge in [0.2, 0.25) is 0 Å². The quantitative estimate of drug-likeness (QED) is 0.217. The van der Waals surface area contributed by atoms with Gasteiger partial charge in [-0.1, -0.05) is 17.7 Å². The van der Waals surface area contributed by atoms with Crippen molar-refractivity contribution in [2.45, 2.75) is 32.9 Å². The first kappa shape index (κ1) is 26.1. The van der Waals surface area contributed by atoms with E-state index >= 15 is 0 Å². The molecule has 0 radical (unpaired) electrons. The number of nitrogens with zero attached hydrogens (tertiary/aromatic N) is 1. The molecule has 0 aromatic heterocycles. The number of methoxy groups -OCH3 is 1. The molecule has 1 aliphatic rings. The summed E-state index contributed by atoms with van der Waals surface area (Å²) in [4.78, 5) is 28.1. The highest BCUT2D eigenvalue weighted by atomic mass is 35.5. The predicted molar refractivity (Wildman–Crippen MR) is 143 cm³/mol. The van der Waals surface area contributed by atoms with E-state index in [0.29, 0.717) is 45.7 Å². The summed E-state index contributed by atoms with van der Waals surface area (Å²) in [6, 6.07) is 17.6. The van der Waals surface area contributed by atoms with Crippen LogP contribution in [0.3, 0.4) is 0 Å². The van der Waals surface area contributed by atoms with Crippen molar-refractivity contribution in [2.24, 2.45) is 0 Å². The number of aliphatic hydroxyl groups excluding tert-OH is 1. The number of halogens is 1. The lowest BCUT2D eigenvalue weighted by Crippen LogP contribution is -2.29. The Hall–Kier alpha value is -3.97. The third-order valence-electron chi connectivity index (χ3n) is 5.85. The summed E-state index contributed by atoms with van der Waals surface area (Å²) in [5.41, 5.74) is 1.38. The molecule has 1 heterocycles. The molecule has 0 saturated carbocycles. The molecule has 0 bridgehead atoms. The Morgan fingerprint density at radius 1 is 1.00 bits per heavy atom. The van der Waals surface area contributed by atoms with Gasteiger partial charge in [-0.25, -0.2) is 0 Å². The van der Waals surface area contributed by atoms with E-state index in [1.54, 1.807) is 66.7 Å². The van der Waals surface area contributed by atoms with Gasteiger partial charge < -0.3 is 19.3 Å². The summed E-state index contributed by atoms with van der Waals surface area (Å²) in [6.45, 7) is 6.06. The van der Waals surface area contributed by atoms with Crippen LogP contribution < -0.4 is 19.1 Å². The van der Waals surface area contributed by atoms with Gasteiger partial charge in [0.05, 0.1) is 31.4 Å². The Morgan fingerprint density at radius 2 is 1.68 bits per heavy atom. The highest BCUT2D eigenvalue weighted by molar-refractivity contribution is 6.51. The molecule has 192 valence electrons. The molecule has 1 unspecified atom stereocenters. The molecule has 3 aromatic rings. The number of ether oxygens (including phenoxy) is 3. The van der Waals surface area contributed by atoms with Crippen molar-refractivity contribution in [3.8, 4) is 17.2 Å². The van der Waals surface area contributed by atoms with E-state index in [1.807, 2.05) is 20.8 Å². The first-order valence-electron chi connectivity index (χ1n) is 11.9. The predicted octanol–water partition coefficient (Wildman–Crippen LogP) is 6.16. The molecule has 7 nitrogen and oxygen atoms in total. The standard InChI is InChI=1S/C29H28ClNO6/c1-5-36-24-16-19(8-15-23(24)35-4)26-25(27(32)18-6-13-22(14-7-18)37-17(2)3)28(33)29(34)31(26)21-11-9-20(30)10-12-21/h6-17,26,32H,5H2,1-4H3/b27-25-. The lowest BCUT2D eigenvalue weighted by Gasteiger charge is -2.26. The summed E-state index contributed by atoms with van der Waals surface area (Å²) < 4.78 is 16.8. The summed E-state index contributed by atoms with van der Waals surface area (Å²) in [5, 5.41) is 11.8. The highest BCUT2D eigenvalue weighted by Gasteiger charge is 2.47.